The SMILES string of the molecule is CCC[C@@H]([C@@H](CC(C)CC)C(=O)N[C@@H](CCCCNC(=O)OCc1ccccc1)C(=O)Nc1nccs1)N(O)C=O. The van der Waals surface area contributed by atoms with Gasteiger partial charge in [-0.1, -0.05) is 63.9 Å². The van der Waals surface area contributed by atoms with Crippen molar-refractivity contribution in [2.24, 2.45) is 11.8 Å². The molecule has 226 valence electrons. The van der Waals surface area contributed by atoms with Crippen molar-refractivity contribution >= 4 is 40.8 Å². The number of aromatic nitrogens is 1. The Morgan fingerprint density at radius 1 is 1.12 bits per heavy atom. The van der Waals surface area contributed by atoms with E-state index < -0.39 is 35.9 Å². The molecule has 1 aromatic carbocycles. The summed E-state index contributed by atoms with van der Waals surface area (Å²) < 4.78 is 5.22. The highest BCUT2D eigenvalue weighted by molar-refractivity contribution is 7.13. The van der Waals surface area contributed by atoms with E-state index in [0.717, 1.165) is 12.0 Å². The van der Waals surface area contributed by atoms with E-state index in [1.54, 1.807) is 11.6 Å². The summed E-state index contributed by atoms with van der Waals surface area (Å²) in [6, 6.07) is 7.78. The van der Waals surface area contributed by atoms with Crippen molar-refractivity contribution < 1.29 is 29.1 Å². The van der Waals surface area contributed by atoms with Crippen LogP contribution in [0.5, 0.6) is 0 Å². The molecule has 4 N–H and O–H groups in total. The number of amides is 4. The maximum atomic E-state index is 13.6. The summed E-state index contributed by atoms with van der Waals surface area (Å²) in [6.07, 6.45) is 5.14. The molecule has 2 rings (SSSR count). The number of hydrogen-bond acceptors (Lipinski definition) is 8. The number of rotatable bonds is 19. The molecule has 4 amide bonds. The van der Waals surface area contributed by atoms with Crippen molar-refractivity contribution in [1.82, 2.24) is 20.7 Å². The lowest BCUT2D eigenvalue weighted by atomic mass is 9.85. The average molecular weight is 590 g/mol. The third kappa shape index (κ3) is 12.3. The fourth-order valence-electron chi connectivity index (χ4n) is 4.39. The van der Waals surface area contributed by atoms with Crippen molar-refractivity contribution in [3.8, 4) is 0 Å². The number of alkyl carbamates (subject to hydrolysis) is 1. The van der Waals surface area contributed by atoms with Crippen molar-refractivity contribution in [2.75, 3.05) is 11.9 Å². The van der Waals surface area contributed by atoms with Gasteiger partial charge in [-0.25, -0.2) is 14.8 Å². The van der Waals surface area contributed by atoms with E-state index in [0.29, 0.717) is 61.7 Å². The summed E-state index contributed by atoms with van der Waals surface area (Å²) in [6.45, 7) is 6.46. The Morgan fingerprint density at radius 3 is 2.51 bits per heavy atom. The molecular formula is C29H43N5O6S. The van der Waals surface area contributed by atoms with E-state index in [4.69, 9.17) is 4.74 Å². The van der Waals surface area contributed by atoms with Gasteiger partial charge in [-0.2, -0.15) is 0 Å². The third-order valence-corrected chi connectivity index (χ3v) is 7.57. The van der Waals surface area contributed by atoms with Crippen molar-refractivity contribution in [3.05, 3.63) is 47.5 Å². The number of ether oxygens (including phenoxy) is 1. The lowest BCUT2D eigenvalue weighted by Gasteiger charge is -2.32. The molecule has 1 unspecified atom stereocenters. The van der Waals surface area contributed by atoms with Crippen LogP contribution in [0.4, 0.5) is 9.93 Å². The van der Waals surface area contributed by atoms with Crippen LogP contribution < -0.4 is 16.0 Å². The Labute approximate surface area is 246 Å². The third-order valence-electron chi connectivity index (χ3n) is 6.88. The van der Waals surface area contributed by atoms with Gasteiger partial charge < -0.3 is 20.7 Å². The summed E-state index contributed by atoms with van der Waals surface area (Å²) in [7, 11) is 0. The molecule has 0 fully saturated rings. The van der Waals surface area contributed by atoms with Gasteiger partial charge in [-0.3, -0.25) is 19.6 Å². The number of thiazole rings is 1. The predicted octanol–water partition coefficient (Wildman–Crippen LogP) is 4.73. The summed E-state index contributed by atoms with van der Waals surface area (Å²) in [5, 5.41) is 21.3. The molecular weight excluding hydrogens is 546 g/mol. The Kier molecular flexibility index (Phi) is 15.4. The summed E-state index contributed by atoms with van der Waals surface area (Å²) in [5.41, 5.74) is 0.887. The molecule has 0 radical (unpaired) electrons. The van der Waals surface area contributed by atoms with Crippen LogP contribution in [0.1, 0.15) is 71.3 Å². The maximum absolute atomic E-state index is 13.6. The molecule has 0 saturated carbocycles. The molecule has 41 heavy (non-hydrogen) atoms. The van der Waals surface area contributed by atoms with E-state index in [-0.39, 0.29) is 12.5 Å². The number of hydrogen-bond donors (Lipinski definition) is 4. The van der Waals surface area contributed by atoms with Gasteiger partial charge in [-0.05, 0) is 43.6 Å². The Bertz CT molecular complexity index is 1060. The normalized spacial score (nSPS) is 13.8. The molecule has 0 spiro atoms. The fraction of sp³-hybridized carbons (Fsp3) is 0.552. The van der Waals surface area contributed by atoms with E-state index >= 15 is 0 Å². The molecule has 1 heterocycles. The van der Waals surface area contributed by atoms with Gasteiger partial charge in [0, 0.05) is 18.1 Å². The molecule has 2 aromatic rings. The minimum absolute atomic E-state index is 0.167. The topological polar surface area (TPSA) is 150 Å². The van der Waals surface area contributed by atoms with Crippen molar-refractivity contribution in [2.45, 2.75) is 84.4 Å². The minimum atomic E-state index is -0.874. The number of hydroxylamine groups is 2. The van der Waals surface area contributed by atoms with Gasteiger partial charge in [0.25, 0.3) is 0 Å². The first-order valence-corrected chi connectivity index (χ1v) is 15.0. The van der Waals surface area contributed by atoms with Crippen molar-refractivity contribution in [1.29, 1.82) is 0 Å². The van der Waals surface area contributed by atoms with Gasteiger partial charge in [-0.15, -0.1) is 11.3 Å². The lowest BCUT2D eigenvalue weighted by molar-refractivity contribution is -0.169. The Hall–Kier alpha value is -3.51. The largest absolute Gasteiger partial charge is 0.445 e. The second kappa shape index (κ2) is 18.8. The van der Waals surface area contributed by atoms with Crippen LogP contribution in [0.3, 0.4) is 0 Å². The molecule has 4 atom stereocenters. The average Bonchev–Trinajstić information content (AvgIpc) is 3.49. The van der Waals surface area contributed by atoms with E-state index in [1.807, 2.05) is 51.1 Å². The highest BCUT2D eigenvalue weighted by Gasteiger charge is 2.34. The van der Waals surface area contributed by atoms with Crippen LogP contribution in [-0.2, 0) is 25.7 Å². The first kappa shape index (κ1) is 33.7. The zero-order valence-electron chi connectivity index (χ0n) is 24.1. The predicted molar refractivity (Wildman–Crippen MR) is 157 cm³/mol. The van der Waals surface area contributed by atoms with Crippen LogP contribution in [0.25, 0.3) is 0 Å². The summed E-state index contributed by atoms with van der Waals surface area (Å²) in [5.74, 6) is -1.34. The molecule has 1 aromatic heterocycles. The molecule has 0 aliphatic heterocycles. The number of unbranched alkanes of at least 4 members (excludes halogenated alkanes) is 1. The number of nitrogens with one attached hydrogen (secondary N) is 3. The van der Waals surface area contributed by atoms with E-state index in [1.165, 1.54) is 11.3 Å². The summed E-state index contributed by atoms with van der Waals surface area (Å²) in [4.78, 5) is 54.3. The van der Waals surface area contributed by atoms with Gasteiger partial charge in [0.2, 0.25) is 18.2 Å². The molecule has 0 bridgehead atoms. The number of carbonyl (C=O) groups excluding carboxylic acids is 4. The maximum Gasteiger partial charge on any atom is 0.407 e. The quantitative estimate of drug-likeness (QED) is 0.0801. The monoisotopic (exact) mass is 589 g/mol. The van der Waals surface area contributed by atoms with E-state index in [2.05, 4.69) is 20.9 Å². The minimum Gasteiger partial charge on any atom is -0.445 e. The van der Waals surface area contributed by atoms with Crippen molar-refractivity contribution in [3.63, 3.8) is 0 Å². The Morgan fingerprint density at radius 2 is 1.88 bits per heavy atom. The molecule has 11 nitrogen and oxygen atoms in total. The standard InChI is InChI=1S/C29H43N5O6S/c1-4-11-25(34(39)20-35)23(18-21(3)5-2)26(36)32-24(27(37)33-28-30-16-17-41-28)14-9-10-15-31-29(38)40-19-22-12-7-6-8-13-22/h6-8,12-13,16-17,20-21,23-25,39H,4-5,9-11,14-15,18-19H2,1-3H3,(H,31,38)(H,32,36)(H,30,33,37)/t21?,23-,24+,25+/m1/s1. The Balaban J connectivity index is 2.01. The highest BCUT2D eigenvalue weighted by Crippen LogP contribution is 2.25. The number of benzene rings is 1. The lowest BCUT2D eigenvalue weighted by Crippen LogP contribution is -2.51. The van der Waals surface area contributed by atoms with Crippen LogP contribution in [0.15, 0.2) is 41.9 Å². The number of nitrogens with zero attached hydrogens (tertiary/aromatic N) is 2. The highest BCUT2D eigenvalue weighted by atomic mass is 32.1. The van der Waals surface area contributed by atoms with Gasteiger partial charge in [0.1, 0.15) is 12.6 Å². The van der Waals surface area contributed by atoms with E-state index in [9.17, 15) is 24.4 Å². The smallest absolute Gasteiger partial charge is 0.407 e. The second-order valence-corrected chi connectivity index (χ2v) is 11.0. The first-order chi connectivity index (χ1) is 19.8. The first-order valence-electron chi connectivity index (χ1n) is 14.2. The molecule has 0 aliphatic carbocycles. The number of carbonyl (C=O) groups is 4. The fourth-order valence-corrected chi connectivity index (χ4v) is 4.93. The zero-order valence-corrected chi connectivity index (χ0v) is 24.9. The molecule has 0 saturated heterocycles. The molecule has 12 heteroatoms. The van der Waals surface area contributed by atoms with Crippen LogP contribution in [0, 0.1) is 11.8 Å². The second-order valence-electron chi connectivity index (χ2n) is 10.1. The van der Waals surface area contributed by atoms with Crippen LogP contribution >= 0.6 is 11.3 Å². The van der Waals surface area contributed by atoms with Gasteiger partial charge >= 0.3 is 6.09 Å². The number of anilines is 1. The summed E-state index contributed by atoms with van der Waals surface area (Å²) >= 11 is 1.27. The van der Waals surface area contributed by atoms with Gasteiger partial charge in [0.15, 0.2) is 5.13 Å². The van der Waals surface area contributed by atoms with Gasteiger partial charge in [0.05, 0.1) is 12.0 Å². The molecule has 0 aliphatic rings. The van der Waals surface area contributed by atoms with Crippen LogP contribution in [-0.4, -0.2) is 58.2 Å². The zero-order chi connectivity index (χ0) is 30.0. The van der Waals surface area contributed by atoms with Crippen LogP contribution in [0.2, 0.25) is 0 Å².